The maximum atomic E-state index is 13.2. The number of carbonyl (C=O) groups excluding carboxylic acids is 1. The van der Waals surface area contributed by atoms with Gasteiger partial charge in [0, 0.05) is 6.92 Å². The molecule has 0 radical (unpaired) electrons. The first kappa shape index (κ1) is 63.3. The third-order valence-corrected chi connectivity index (χ3v) is 21.8. The molecule has 9 rings (SSSR count). The third kappa shape index (κ3) is 10.4. The van der Waals surface area contributed by atoms with E-state index in [1.54, 1.807) is 0 Å². The van der Waals surface area contributed by atoms with E-state index in [0.29, 0.717) is 51.4 Å². The number of carboxylic acids is 1. The minimum absolute atomic E-state index is 0.0512. The highest BCUT2D eigenvalue weighted by molar-refractivity contribution is 5.73. The van der Waals surface area contributed by atoms with Crippen LogP contribution in [0.5, 0.6) is 0 Å². The lowest BCUT2D eigenvalue weighted by Crippen LogP contribution is -2.70. The van der Waals surface area contributed by atoms with E-state index >= 15 is 0 Å². The van der Waals surface area contributed by atoms with Gasteiger partial charge >= 0.3 is 11.9 Å². The Bertz CT molecular complexity index is 2290. The highest BCUT2D eigenvalue weighted by Gasteiger charge is 2.72. The topological polar surface area (TPSA) is 400 Å². The van der Waals surface area contributed by atoms with Crippen molar-refractivity contribution < 1.29 is 124 Å². The Balaban J connectivity index is 1.06. The van der Waals surface area contributed by atoms with Crippen molar-refractivity contribution in [3.05, 3.63) is 11.6 Å². The van der Waals surface area contributed by atoms with Crippen LogP contribution in [-0.4, -0.2) is 244 Å². The smallest absolute Gasteiger partial charge is 0.335 e. The first-order valence-corrected chi connectivity index (χ1v) is 28.8. The maximum absolute atomic E-state index is 13.2. The minimum atomic E-state index is -2.26. The van der Waals surface area contributed by atoms with Crippen LogP contribution in [0.4, 0.5) is 0 Å². The molecule has 4 saturated heterocycles. The number of esters is 1. The van der Waals surface area contributed by atoms with Crippen LogP contribution in [0.25, 0.3) is 0 Å². The van der Waals surface area contributed by atoms with Crippen LogP contribution in [0.2, 0.25) is 0 Å². The summed E-state index contributed by atoms with van der Waals surface area (Å²) in [5.74, 6) is -2.51. The van der Waals surface area contributed by atoms with Crippen molar-refractivity contribution in [1.29, 1.82) is 0 Å². The van der Waals surface area contributed by atoms with Gasteiger partial charge in [-0.15, -0.1) is 0 Å². The van der Waals surface area contributed by atoms with Crippen LogP contribution in [0.15, 0.2) is 11.6 Å². The molecule has 464 valence electrons. The Morgan fingerprint density at radius 3 is 1.77 bits per heavy atom. The van der Waals surface area contributed by atoms with Gasteiger partial charge in [0.1, 0.15) is 91.6 Å². The van der Waals surface area contributed by atoms with Crippen LogP contribution >= 0.6 is 0 Å². The quantitative estimate of drug-likeness (QED) is 0.0542. The molecule has 4 saturated carbocycles. The average molecular weight is 1160 g/mol. The molecule has 0 bridgehead atoms. The molecule has 8 fully saturated rings. The lowest BCUT2D eigenvalue weighted by atomic mass is 9.33. The van der Waals surface area contributed by atoms with Crippen LogP contribution < -0.4 is 0 Å². The number of hydrogen-bond acceptors (Lipinski definition) is 24. The van der Waals surface area contributed by atoms with Crippen molar-refractivity contribution in [1.82, 2.24) is 0 Å². The van der Waals surface area contributed by atoms with Gasteiger partial charge in [-0.3, -0.25) is 4.79 Å². The molecule has 81 heavy (non-hydrogen) atoms. The van der Waals surface area contributed by atoms with Gasteiger partial charge < -0.3 is 114 Å². The van der Waals surface area contributed by atoms with E-state index in [4.69, 9.17) is 42.6 Å². The number of carbonyl (C=O) groups is 2. The van der Waals surface area contributed by atoms with E-state index in [1.807, 2.05) is 13.8 Å². The SMILES string of the molecule is CC(=O)OC1CC2(C)C(=CCC3C4(C)CCC(OC5OC(C(=O)O)C(O)C(OC6OC(CO)C(O)C(O)C6OC6OC(C)C(O)C(O)C6O)C5OC5OC(CO)C(O)C(O)C5O)C(C)(C)C4CCC32C)C2CC(C)(C)CC(O)C12CO. The minimum Gasteiger partial charge on any atom is -0.479 e. The molecule has 0 aromatic heterocycles. The number of aliphatic hydroxyl groups excluding tert-OH is 13. The summed E-state index contributed by atoms with van der Waals surface area (Å²) >= 11 is 0. The van der Waals surface area contributed by atoms with E-state index in [1.165, 1.54) is 19.4 Å². The Hall–Kier alpha value is -2.16. The maximum Gasteiger partial charge on any atom is 0.335 e. The van der Waals surface area contributed by atoms with Gasteiger partial charge in [0.2, 0.25) is 0 Å². The second-order valence-corrected chi connectivity index (χ2v) is 27.1. The first-order valence-electron chi connectivity index (χ1n) is 28.8. The third-order valence-electron chi connectivity index (χ3n) is 21.8. The molecule has 0 aromatic rings. The Morgan fingerprint density at radius 1 is 0.593 bits per heavy atom. The van der Waals surface area contributed by atoms with E-state index in [2.05, 4.69) is 40.7 Å². The van der Waals surface area contributed by atoms with Crippen molar-refractivity contribution in [3.63, 3.8) is 0 Å². The van der Waals surface area contributed by atoms with Gasteiger partial charge in [0.15, 0.2) is 31.3 Å². The molecule has 30 atom stereocenters. The highest BCUT2D eigenvalue weighted by atomic mass is 16.8. The van der Waals surface area contributed by atoms with Crippen LogP contribution in [0.3, 0.4) is 0 Å². The summed E-state index contributed by atoms with van der Waals surface area (Å²) in [5, 5.41) is 154. The number of ether oxygens (including phenoxy) is 9. The molecule has 0 spiro atoms. The summed E-state index contributed by atoms with van der Waals surface area (Å²) < 4.78 is 55.3. The number of aliphatic hydroxyl groups is 13. The number of allylic oxidation sites excluding steroid dienone is 2. The van der Waals surface area contributed by atoms with Gasteiger partial charge in [-0.2, -0.15) is 0 Å². The van der Waals surface area contributed by atoms with Crippen molar-refractivity contribution >= 4 is 11.9 Å². The fraction of sp³-hybridized carbons (Fsp3) is 0.929. The monoisotopic (exact) mass is 1160 g/mol. The largest absolute Gasteiger partial charge is 0.479 e. The van der Waals surface area contributed by atoms with Gasteiger partial charge in [0.25, 0.3) is 0 Å². The molecule has 9 aliphatic rings. The average Bonchev–Trinajstić information content (AvgIpc) is 3.59. The zero-order valence-electron chi connectivity index (χ0n) is 47.6. The number of hydrogen-bond donors (Lipinski definition) is 14. The summed E-state index contributed by atoms with van der Waals surface area (Å²) in [4.78, 5) is 26.1. The second kappa shape index (κ2) is 22.8. The lowest BCUT2D eigenvalue weighted by molar-refractivity contribution is -0.406. The Labute approximate surface area is 471 Å². The van der Waals surface area contributed by atoms with Crippen molar-refractivity contribution in [2.75, 3.05) is 19.8 Å². The zero-order valence-corrected chi connectivity index (χ0v) is 47.6. The highest BCUT2D eigenvalue weighted by Crippen LogP contribution is 2.76. The molecule has 4 heterocycles. The van der Waals surface area contributed by atoms with E-state index in [0.717, 1.165) is 0 Å². The summed E-state index contributed by atoms with van der Waals surface area (Å²) in [5.41, 5.74) is -2.26. The van der Waals surface area contributed by atoms with Crippen molar-refractivity contribution in [3.8, 4) is 0 Å². The number of aliphatic carboxylic acids is 1. The summed E-state index contributed by atoms with van der Waals surface area (Å²) in [7, 11) is 0. The Kier molecular flexibility index (Phi) is 17.9. The Morgan fingerprint density at radius 2 is 1.16 bits per heavy atom. The summed E-state index contributed by atoms with van der Waals surface area (Å²) in [6.45, 7) is 15.7. The number of carboxylic acid groups (broad SMARTS) is 1. The van der Waals surface area contributed by atoms with Crippen LogP contribution in [0, 0.1) is 50.2 Å². The van der Waals surface area contributed by atoms with Gasteiger partial charge in [-0.25, -0.2) is 4.79 Å². The normalized spacial score (nSPS) is 53.2. The van der Waals surface area contributed by atoms with Crippen LogP contribution in [0.1, 0.15) is 114 Å². The first-order chi connectivity index (χ1) is 37.8. The number of rotatable bonds is 13. The van der Waals surface area contributed by atoms with E-state index in [9.17, 15) is 81.1 Å². The standard InChI is InChI=1S/C56H90O25/c1-22-33(62)36(65)39(68)47(73-22)80-44-38(67)35(64)27(20-58)76-49(44)78-42-41(70)43(46(71)72)79-50(45(42)81-48-40(69)37(66)34(63)26(19-57)75-48)77-31-13-14-53(7)28(52(31,5)6)12-15-54(8)29(53)11-10-24-25-16-51(3,4)17-30(61)56(25,21-59)32(74-23(2)60)18-55(24,54)9/h10,22,25-45,47-50,57-59,61-70H,11-21H2,1-9H3,(H,71,72). The molecule has 0 aromatic carbocycles. The molecule has 0 amide bonds. The molecule has 14 N–H and O–H groups in total. The van der Waals surface area contributed by atoms with Gasteiger partial charge in [0.05, 0.1) is 43.5 Å². The molecule has 30 unspecified atom stereocenters. The van der Waals surface area contributed by atoms with Gasteiger partial charge in [-0.1, -0.05) is 60.1 Å². The molecule has 25 heteroatoms. The van der Waals surface area contributed by atoms with E-state index < -0.39 is 183 Å². The van der Waals surface area contributed by atoms with Crippen molar-refractivity contribution in [2.45, 2.75) is 255 Å². The second-order valence-electron chi connectivity index (χ2n) is 27.1. The molecular weight excluding hydrogens is 1070 g/mol. The summed E-state index contributed by atoms with van der Waals surface area (Å²) in [6, 6.07) is 0. The molecule has 5 aliphatic carbocycles. The lowest BCUT2D eigenvalue weighted by Gasteiger charge is -2.72. The van der Waals surface area contributed by atoms with Gasteiger partial charge in [-0.05, 0) is 103 Å². The van der Waals surface area contributed by atoms with Crippen LogP contribution in [-0.2, 0) is 52.2 Å². The zero-order chi connectivity index (χ0) is 59.6. The molecular formula is C56H90O25. The fourth-order valence-corrected chi connectivity index (χ4v) is 17.2. The number of fused-ring (bicyclic) bond motifs is 7. The van der Waals surface area contributed by atoms with Crippen molar-refractivity contribution in [2.24, 2.45) is 50.2 Å². The predicted molar refractivity (Wildman–Crippen MR) is 274 cm³/mol. The molecule has 25 nitrogen and oxygen atoms in total. The summed E-state index contributed by atoms with van der Waals surface area (Å²) in [6.07, 6.45) is -33.3. The van der Waals surface area contributed by atoms with E-state index in [-0.39, 0.29) is 40.6 Å². The molecule has 4 aliphatic heterocycles. The fourth-order valence-electron chi connectivity index (χ4n) is 17.2. The predicted octanol–water partition coefficient (Wildman–Crippen LogP) is -1.93.